The average molecular weight is 402 g/mol. The van der Waals surface area contributed by atoms with Gasteiger partial charge in [-0.1, -0.05) is 18.2 Å². The van der Waals surface area contributed by atoms with Crippen LogP contribution in [0.4, 0.5) is 11.4 Å². The number of hydrogen-bond donors (Lipinski definition) is 2. The predicted molar refractivity (Wildman–Crippen MR) is 115 cm³/mol. The molecule has 6 heteroatoms. The van der Waals surface area contributed by atoms with Crippen LogP contribution >= 0.6 is 0 Å². The third kappa shape index (κ3) is 5.61. The first-order valence-corrected chi connectivity index (χ1v) is 9.82. The Labute approximate surface area is 174 Å². The quantitative estimate of drug-likeness (QED) is 0.565. The van der Waals surface area contributed by atoms with Crippen LogP contribution in [0.3, 0.4) is 0 Å². The van der Waals surface area contributed by atoms with Crippen molar-refractivity contribution in [1.29, 1.82) is 0 Å². The van der Waals surface area contributed by atoms with Crippen LogP contribution in [0.2, 0.25) is 0 Å². The van der Waals surface area contributed by atoms with E-state index in [2.05, 4.69) is 10.6 Å². The fraction of sp³-hybridized carbons (Fsp3) is 0.167. The van der Waals surface area contributed by atoms with Crippen LogP contribution in [0.15, 0.2) is 78.9 Å². The fourth-order valence-electron chi connectivity index (χ4n) is 2.80. The number of hydrogen-bond acceptors (Lipinski definition) is 4. The van der Waals surface area contributed by atoms with Crippen molar-refractivity contribution in [3.05, 3.63) is 78.9 Å². The van der Waals surface area contributed by atoms with Gasteiger partial charge in [0.2, 0.25) is 5.91 Å². The van der Waals surface area contributed by atoms with Crippen molar-refractivity contribution in [2.45, 2.75) is 12.8 Å². The molecule has 0 saturated heterocycles. The van der Waals surface area contributed by atoms with Gasteiger partial charge in [-0.05, 0) is 73.5 Å². The molecule has 152 valence electrons. The smallest absolute Gasteiger partial charge is 0.262 e. The maximum atomic E-state index is 12.1. The fourth-order valence-corrected chi connectivity index (χ4v) is 2.80. The maximum absolute atomic E-state index is 12.1. The summed E-state index contributed by atoms with van der Waals surface area (Å²) in [5.41, 5.74) is 1.38. The van der Waals surface area contributed by atoms with Crippen LogP contribution in [0, 0.1) is 5.92 Å². The van der Waals surface area contributed by atoms with Crippen molar-refractivity contribution < 1.29 is 19.1 Å². The van der Waals surface area contributed by atoms with E-state index >= 15 is 0 Å². The van der Waals surface area contributed by atoms with Crippen LogP contribution in [0.5, 0.6) is 17.2 Å². The van der Waals surface area contributed by atoms with Gasteiger partial charge in [-0.3, -0.25) is 9.59 Å². The molecular weight excluding hydrogens is 380 g/mol. The summed E-state index contributed by atoms with van der Waals surface area (Å²) in [5.74, 6) is 1.94. The number of nitrogens with one attached hydrogen (secondary N) is 2. The Balaban J connectivity index is 1.23. The van der Waals surface area contributed by atoms with Crippen LogP contribution in [0.25, 0.3) is 0 Å². The zero-order valence-electron chi connectivity index (χ0n) is 16.3. The van der Waals surface area contributed by atoms with Gasteiger partial charge in [0.25, 0.3) is 5.91 Å². The Morgan fingerprint density at radius 2 is 1.30 bits per heavy atom. The summed E-state index contributed by atoms with van der Waals surface area (Å²) < 4.78 is 11.2. The van der Waals surface area contributed by atoms with Crippen molar-refractivity contribution >= 4 is 23.2 Å². The van der Waals surface area contributed by atoms with Gasteiger partial charge in [0.05, 0.1) is 0 Å². The molecule has 4 rings (SSSR count). The Morgan fingerprint density at radius 3 is 1.93 bits per heavy atom. The summed E-state index contributed by atoms with van der Waals surface area (Å²) in [6, 6.07) is 23.6. The zero-order chi connectivity index (χ0) is 20.8. The number of amides is 2. The van der Waals surface area contributed by atoms with Crippen molar-refractivity contribution in [3.63, 3.8) is 0 Å². The molecule has 3 aromatic carbocycles. The van der Waals surface area contributed by atoms with Crippen molar-refractivity contribution in [1.82, 2.24) is 0 Å². The Morgan fingerprint density at radius 1 is 0.733 bits per heavy atom. The first kappa shape index (κ1) is 19.5. The highest BCUT2D eigenvalue weighted by Gasteiger charge is 2.29. The van der Waals surface area contributed by atoms with E-state index in [9.17, 15) is 9.59 Å². The maximum Gasteiger partial charge on any atom is 0.262 e. The minimum atomic E-state index is -0.266. The Hall–Kier alpha value is -3.80. The van der Waals surface area contributed by atoms with E-state index in [-0.39, 0.29) is 24.3 Å². The van der Waals surface area contributed by atoms with Gasteiger partial charge < -0.3 is 20.1 Å². The average Bonchev–Trinajstić information content (AvgIpc) is 3.61. The van der Waals surface area contributed by atoms with Gasteiger partial charge in [0.15, 0.2) is 6.61 Å². The van der Waals surface area contributed by atoms with Crippen LogP contribution in [-0.2, 0) is 9.59 Å². The number of carbonyl (C=O) groups excluding carboxylic acids is 2. The number of benzene rings is 3. The summed E-state index contributed by atoms with van der Waals surface area (Å²) in [4.78, 5) is 23.9. The molecule has 0 radical (unpaired) electrons. The second-order valence-electron chi connectivity index (χ2n) is 7.06. The van der Waals surface area contributed by atoms with Crippen LogP contribution in [-0.4, -0.2) is 18.4 Å². The Bertz CT molecular complexity index is 998. The summed E-state index contributed by atoms with van der Waals surface area (Å²) >= 11 is 0. The lowest BCUT2D eigenvalue weighted by Gasteiger charge is -2.10. The highest BCUT2D eigenvalue weighted by molar-refractivity contribution is 5.94. The van der Waals surface area contributed by atoms with E-state index in [4.69, 9.17) is 9.47 Å². The molecule has 0 aliphatic heterocycles. The van der Waals surface area contributed by atoms with E-state index in [1.165, 1.54) is 0 Å². The summed E-state index contributed by atoms with van der Waals surface area (Å²) in [6.45, 7) is -0.115. The molecule has 1 aliphatic carbocycles. The highest BCUT2D eigenvalue weighted by Crippen LogP contribution is 2.30. The summed E-state index contributed by atoms with van der Waals surface area (Å²) in [5, 5.41) is 5.65. The van der Waals surface area contributed by atoms with E-state index in [1.807, 2.05) is 30.3 Å². The number of para-hydroxylation sites is 1. The van der Waals surface area contributed by atoms with E-state index in [0.29, 0.717) is 17.2 Å². The molecule has 30 heavy (non-hydrogen) atoms. The lowest BCUT2D eigenvalue weighted by Crippen LogP contribution is -2.20. The van der Waals surface area contributed by atoms with E-state index < -0.39 is 0 Å². The molecule has 0 bridgehead atoms. The predicted octanol–water partition coefficient (Wildman–Crippen LogP) is 4.84. The van der Waals surface area contributed by atoms with Crippen molar-refractivity contribution in [2.75, 3.05) is 17.2 Å². The lowest BCUT2D eigenvalue weighted by molar-refractivity contribution is -0.118. The van der Waals surface area contributed by atoms with Gasteiger partial charge in [0.1, 0.15) is 17.2 Å². The second kappa shape index (κ2) is 9.13. The second-order valence-corrected chi connectivity index (χ2v) is 7.06. The van der Waals surface area contributed by atoms with Crippen molar-refractivity contribution in [2.24, 2.45) is 5.92 Å². The van der Waals surface area contributed by atoms with Crippen LogP contribution < -0.4 is 20.1 Å². The minimum Gasteiger partial charge on any atom is -0.484 e. The minimum absolute atomic E-state index is 0.0585. The third-order valence-corrected chi connectivity index (χ3v) is 4.56. The normalized spacial score (nSPS) is 12.7. The van der Waals surface area contributed by atoms with Gasteiger partial charge >= 0.3 is 0 Å². The molecule has 0 spiro atoms. The third-order valence-electron chi connectivity index (χ3n) is 4.56. The molecule has 0 aromatic heterocycles. The number of ether oxygens (including phenoxy) is 2. The van der Waals surface area contributed by atoms with Gasteiger partial charge in [-0.15, -0.1) is 0 Å². The zero-order valence-corrected chi connectivity index (χ0v) is 16.3. The van der Waals surface area contributed by atoms with Gasteiger partial charge in [-0.25, -0.2) is 0 Å². The molecule has 0 heterocycles. The monoisotopic (exact) mass is 402 g/mol. The molecule has 0 atom stereocenters. The van der Waals surface area contributed by atoms with Gasteiger partial charge in [-0.2, -0.15) is 0 Å². The largest absolute Gasteiger partial charge is 0.484 e. The van der Waals surface area contributed by atoms with Gasteiger partial charge in [0, 0.05) is 17.3 Å². The number of rotatable bonds is 8. The summed E-state index contributed by atoms with van der Waals surface area (Å²) in [7, 11) is 0. The molecule has 1 saturated carbocycles. The lowest BCUT2D eigenvalue weighted by atomic mass is 10.3. The molecular formula is C24H22N2O4. The topological polar surface area (TPSA) is 76.7 Å². The number of carbonyl (C=O) groups is 2. The van der Waals surface area contributed by atoms with Crippen molar-refractivity contribution in [3.8, 4) is 17.2 Å². The molecule has 3 aromatic rings. The molecule has 2 N–H and O–H groups in total. The molecule has 1 aliphatic rings. The van der Waals surface area contributed by atoms with E-state index in [0.717, 1.165) is 24.3 Å². The molecule has 0 unspecified atom stereocenters. The molecule has 6 nitrogen and oxygen atoms in total. The van der Waals surface area contributed by atoms with E-state index in [1.54, 1.807) is 48.5 Å². The highest BCUT2D eigenvalue weighted by atomic mass is 16.5. The SMILES string of the molecule is O=C(COc1ccc(NC(=O)C2CC2)cc1)Nc1ccc(Oc2ccccc2)cc1. The first-order chi connectivity index (χ1) is 14.7. The number of anilines is 2. The molecule has 2 amide bonds. The standard InChI is InChI=1S/C24H22N2O4/c27-23(16-29-20-12-8-19(9-13-20)26-24(28)17-6-7-17)25-18-10-14-22(15-11-18)30-21-4-2-1-3-5-21/h1-5,8-15,17H,6-7,16H2,(H,25,27)(H,26,28). The van der Waals surface area contributed by atoms with Crippen LogP contribution in [0.1, 0.15) is 12.8 Å². The summed E-state index contributed by atoms with van der Waals surface area (Å²) in [6.07, 6.45) is 1.93. The Kier molecular flexibility index (Phi) is 5.94. The molecule has 1 fully saturated rings. The first-order valence-electron chi connectivity index (χ1n) is 9.82.